The van der Waals surface area contributed by atoms with E-state index < -0.39 is 0 Å². The molecule has 2 heteroatoms. The average molecular weight is 154 g/mol. The molecular weight excluding hydrogens is 136 g/mol. The van der Waals surface area contributed by atoms with Gasteiger partial charge in [-0.2, -0.15) is 0 Å². The van der Waals surface area contributed by atoms with Gasteiger partial charge in [0.25, 0.3) is 0 Å². The molecule has 0 amide bonds. The van der Waals surface area contributed by atoms with Gasteiger partial charge >= 0.3 is 0 Å². The van der Waals surface area contributed by atoms with Crippen molar-refractivity contribution in [3.63, 3.8) is 0 Å². The summed E-state index contributed by atoms with van der Waals surface area (Å²) < 4.78 is 0. The Kier molecular flexibility index (Phi) is 2.14. The molecule has 3 atom stereocenters. The minimum Gasteiger partial charge on any atom is -0.311 e. The second kappa shape index (κ2) is 3.11. The van der Waals surface area contributed by atoms with Gasteiger partial charge in [0.1, 0.15) is 0 Å². The van der Waals surface area contributed by atoms with Crippen molar-refractivity contribution in [3.05, 3.63) is 0 Å². The van der Waals surface area contributed by atoms with Gasteiger partial charge < -0.3 is 10.6 Å². The third-order valence-corrected chi connectivity index (χ3v) is 2.95. The third-order valence-electron chi connectivity index (χ3n) is 2.95. The number of hydrogen-bond donors (Lipinski definition) is 2. The summed E-state index contributed by atoms with van der Waals surface area (Å²) in [5.41, 5.74) is 0. The lowest BCUT2D eigenvalue weighted by Crippen LogP contribution is -2.60. The molecule has 2 aliphatic rings. The van der Waals surface area contributed by atoms with Crippen molar-refractivity contribution < 1.29 is 0 Å². The Morgan fingerprint density at radius 2 is 1.82 bits per heavy atom. The molecule has 0 bridgehead atoms. The zero-order valence-corrected chi connectivity index (χ0v) is 7.27. The molecule has 2 N–H and O–H groups in total. The zero-order chi connectivity index (χ0) is 7.68. The first kappa shape index (κ1) is 7.56. The summed E-state index contributed by atoms with van der Waals surface area (Å²) in [6.07, 6.45) is 5.60. The summed E-state index contributed by atoms with van der Waals surface area (Å²) >= 11 is 0. The molecule has 0 aromatic rings. The second-order valence-corrected chi connectivity index (χ2v) is 3.97. The van der Waals surface area contributed by atoms with E-state index >= 15 is 0 Å². The number of rotatable bonds is 0. The zero-order valence-electron chi connectivity index (χ0n) is 7.27. The topological polar surface area (TPSA) is 24.1 Å². The van der Waals surface area contributed by atoms with Crippen molar-refractivity contribution in [2.75, 3.05) is 6.54 Å². The van der Waals surface area contributed by atoms with Gasteiger partial charge in [0.15, 0.2) is 0 Å². The Balaban J connectivity index is 1.93. The van der Waals surface area contributed by atoms with E-state index in [1.165, 1.54) is 25.7 Å². The smallest absolute Gasteiger partial charge is 0.0224 e. The Bertz CT molecular complexity index is 136. The second-order valence-electron chi connectivity index (χ2n) is 3.97. The Morgan fingerprint density at radius 1 is 1.09 bits per heavy atom. The predicted molar refractivity (Wildman–Crippen MR) is 46.6 cm³/mol. The summed E-state index contributed by atoms with van der Waals surface area (Å²) in [6, 6.07) is 2.22. The fourth-order valence-corrected chi connectivity index (χ4v) is 2.33. The molecule has 1 heterocycles. The molecule has 3 unspecified atom stereocenters. The van der Waals surface area contributed by atoms with Gasteiger partial charge in [-0.1, -0.05) is 12.8 Å². The Morgan fingerprint density at radius 3 is 2.64 bits per heavy atom. The molecule has 1 saturated heterocycles. The van der Waals surface area contributed by atoms with E-state index in [0.717, 1.165) is 18.6 Å². The van der Waals surface area contributed by atoms with Crippen LogP contribution in [0.15, 0.2) is 0 Å². The van der Waals surface area contributed by atoms with E-state index in [4.69, 9.17) is 0 Å². The quantitative estimate of drug-likeness (QED) is 0.541. The lowest BCUT2D eigenvalue weighted by molar-refractivity contribution is 0.219. The van der Waals surface area contributed by atoms with Gasteiger partial charge in [-0.05, 0) is 19.8 Å². The van der Waals surface area contributed by atoms with Crippen molar-refractivity contribution >= 4 is 0 Å². The molecule has 11 heavy (non-hydrogen) atoms. The van der Waals surface area contributed by atoms with Crippen LogP contribution in [-0.4, -0.2) is 24.7 Å². The van der Waals surface area contributed by atoms with Crippen LogP contribution in [0.5, 0.6) is 0 Å². The highest BCUT2D eigenvalue weighted by Crippen LogP contribution is 2.20. The minimum atomic E-state index is 0.675. The molecule has 0 aromatic carbocycles. The van der Waals surface area contributed by atoms with Crippen LogP contribution in [0.4, 0.5) is 0 Å². The van der Waals surface area contributed by atoms with Crippen LogP contribution < -0.4 is 10.6 Å². The lowest BCUT2D eigenvalue weighted by atomic mass is 9.88. The predicted octanol–water partition coefficient (Wildman–Crippen LogP) is 0.879. The van der Waals surface area contributed by atoms with E-state index in [1.807, 2.05) is 0 Å². The highest BCUT2D eigenvalue weighted by molar-refractivity contribution is 4.92. The van der Waals surface area contributed by atoms with Crippen molar-refractivity contribution in [3.8, 4) is 0 Å². The first-order valence-electron chi connectivity index (χ1n) is 4.86. The summed E-state index contributed by atoms with van der Waals surface area (Å²) in [5, 5.41) is 7.26. The van der Waals surface area contributed by atoms with Gasteiger partial charge in [-0.3, -0.25) is 0 Å². The van der Waals surface area contributed by atoms with Crippen molar-refractivity contribution in [2.45, 2.75) is 50.7 Å². The normalized spacial score (nSPS) is 45.0. The van der Waals surface area contributed by atoms with Crippen molar-refractivity contribution in [1.29, 1.82) is 0 Å². The molecule has 0 spiro atoms. The van der Waals surface area contributed by atoms with E-state index in [1.54, 1.807) is 0 Å². The monoisotopic (exact) mass is 154 g/mol. The number of fused-ring (bicyclic) bond motifs is 1. The van der Waals surface area contributed by atoms with Gasteiger partial charge in [-0.15, -0.1) is 0 Å². The maximum atomic E-state index is 3.66. The lowest BCUT2D eigenvalue weighted by Gasteiger charge is -2.40. The van der Waals surface area contributed by atoms with E-state index in [-0.39, 0.29) is 0 Å². The van der Waals surface area contributed by atoms with Gasteiger partial charge in [0.2, 0.25) is 0 Å². The Labute approximate surface area is 68.7 Å². The molecule has 1 aliphatic carbocycles. The van der Waals surface area contributed by atoms with Crippen molar-refractivity contribution in [1.82, 2.24) is 10.6 Å². The van der Waals surface area contributed by atoms with E-state index in [0.29, 0.717) is 6.04 Å². The molecule has 2 rings (SSSR count). The fraction of sp³-hybridized carbons (Fsp3) is 1.00. The summed E-state index contributed by atoms with van der Waals surface area (Å²) in [7, 11) is 0. The van der Waals surface area contributed by atoms with Gasteiger partial charge in [0, 0.05) is 24.7 Å². The molecule has 0 radical (unpaired) electrons. The average Bonchev–Trinajstić information content (AvgIpc) is 2.04. The van der Waals surface area contributed by atoms with Gasteiger partial charge in [-0.25, -0.2) is 0 Å². The highest BCUT2D eigenvalue weighted by Gasteiger charge is 2.29. The van der Waals surface area contributed by atoms with Crippen LogP contribution in [0, 0.1) is 0 Å². The molecule has 64 valence electrons. The highest BCUT2D eigenvalue weighted by atomic mass is 15.1. The van der Waals surface area contributed by atoms with Crippen LogP contribution in [0.25, 0.3) is 0 Å². The largest absolute Gasteiger partial charge is 0.311 e. The molecule has 1 saturated carbocycles. The van der Waals surface area contributed by atoms with Crippen LogP contribution in [-0.2, 0) is 0 Å². The third kappa shape index (κ3) is 1.57. The molecule has 2 fully saturated rings. The van der Waals surface area contributed by atoms with Crippen LogP contribution in [0.3, 0.4) is 0 Å². The van der Waals surface area contributed by atoms with Gasteiger partial charge in [0.05, 0.1) is 0 Å². The van der Waals surface area contributed by atoms with E-state index in [9.17, 15) is 0 Å². The summed E-state index contributed by atoms with van der Waals surface area (Å²) in [5.74, 6) is 0. The number of hydrogen-bond acceptors (Lipinski definition) is 2. The summed E-state index contributed by atoms with van der Waals surface area (Å²) in [6.45, 7) is 3.42. The first-order valence-corrected chi connectivity index (χ1v) is 4.86. The van der Waals surface area contributed by atoms with E-state index in [2.05, 4.69) is 17.6 Å². The minimum absolute atomic E-state index is 0.675. The fourth-order valence-electron chi connectivity index (χ4n) is 2.33. The van der Waals surface area contributed by atoms with Crippen LogP contribution >= 0.6 is 0 Å². The Hall–Kier alpha value is -0.0800. The summed E-state index contributed by atoms with van der Waals surface area (Å²) in [4.78, 5) is 0. The number of nitrogens with one attached hydrogen (secondary N) is 2. The van der Waals surface area contributed by atoms with Crippen molar-refractivity contribution in [2.24, 2.45) is 0 Å². The van der Waals surface area contributed by atoms with Crippen LogP contribution in [0.2, 0.25) is 0 Å². The molecule has 0 aromatic heterocycles. The maximum Gasteiger partial charge on any atom is 0.0224 e. The molecular formula is C9H18N2. The van der Waals surface area contributed by atoms with Crippen LogP contribution in [0.1, 0.15) is 32.6 Å². The molecule has 2 nitrogen and oxygen atoms in total. The SMILES string of the molecule is CC1CNC2CCCCC2N1. The number of piperazine rings is 1. The standard InChI is InChI=1S/C9H18N2/c1-7-6-10-8-4-2-3-5-9(8)11-7/h7-11H,2-6H2,1H3. The molecule has 1 aliphatic heterocycles. The maximum absolute atomic E-state index is 3.66. The first-order chi connectivity index (χ1) is 5.36.